The third-order valence-corrected chi connectivity index (χ3v) is 5.51. The van der Waals surface area contributed by atoms with Crippen LogP contribution in [0.4, 0.5) is 5.69 Å². The highest BCUT2D eigenvalue weighted by Gasteiger charge is 2.18. The first kappa shape index (κ1) is 20.2. The Kier molecular flexibility index (Phi) is 6.23. The van der Waals surface area contributed by atoms with Crippen molar-refractivity contribution in [1.29, 1.82) is 0 Å². The van der Waals surface area contributed by atoms with E-state index in [1.165, 1.54) is 23.5 Å². The summed E-state index contributed by atoms with van der Waals surface area (Å²) < 4.78 is 8.24. The third-order valence-electron chi connectivity index (χ3n) is 4.24. The van der Waals surface area contributed by atoms with E-state index >= 15 is 0 Å². The lowest BCUT2D eigenvalue weighted by molar-refractivity contribution is -0.385. The molecule has 7 nitrogen and oxygen atoms in total. The second-order valence-electron chi connectivity index (χ2n) is 5.97. The van der Waals surface area contributed by atoms with E-state index in [-0.39, 0.29) is 11.3 Å². The molecule has 146 valence electrons. The molecule has 0 aliphatic carbocycles. The van der Waals surface area contributed by atoms with Gasteiger partial charge in [-0.05, 0) is 38.1 Å². The first-order chi connectivity index (χ1) is 13.4. The molecule has 2 aromatic carbocycles. The number of amides is 1. The van der Waals surface area contributed by atoms with Crippen molar-refractivity contribution in [1.82, 2.24) is 4.57 Å². The number of nitrogens with zero attached hydrogens (tertiary/aromatic N) is 3. The molecule has 0 unspecified atom stereocenters. The van der Waals surface area contributed by atoms with Crippen LogP contribution in [0.2, 0.25) is 5.02 Å². The number of carbonyl (C=O) groups is 1. The third kappa shape index (κ3) is 4.14. The summed E-state index contributed by atoms with van der Waals surface area (Å²) in [5.74, 6) is -0.524. The summed E-state index contributed by atoms with van der Waals surface area (Å²) in [4.78, 5) is 28.2. The summed E-state index contributed by atoms with van der Waals surface area (Å²) in [6.45, 7) is 5.05. The lowest BCUT2D eigenvalue weighted by Crippen LogP contribution is -2.20. The Morgan fingerprint density at radius 2 is 2.14 bits per heavy atom. The molecule has 3 rings (SSSR count). The van der Waals surface area contributed by atoms with Gasteiger partial charge in [0.1, 0.15) is 0 Å². The molecule has 1 aromatic heterocycles. The van der Waals surface area contributed by atoms with Gasteiger partial charge in [-0.25, -0.2) is 0 Å². The molecular formula is C19H18ClN3O4S. The smallest absolute Gasteiger partial charge is 0.280 e. The molecular weight excluding hydrogens is 402 g/mol. The Hall–Kier alpha value is -2.55. The molecule has 9 heteroatoms. The van der Waals surface area contributed by atoms with Crippen LogP contribution in [0.15, 0.2) is 41.4 Å². The van der Waals surface area contributed by atoms with E-state index in [4.69, 9.17) is 16.3 Å². The summed E-state index contributed by atoms with van der Waals surface area (Å²) in [5, 5.41) is 11.7. The summed E-state index contributed by atoms with van der Waals surface area (Å²) in [5.41, 5.74) is 1.30. The molecule has 0 aliphatic rings. The molecule has 0 spiro atoms. The van der Waals surface area contributed by atoms with Gasteiger partial charge < -0.3 is 9.30 Å². The van der Waals surface area contributed by atoms with Crippen LogP contribution in [-0.4, -0.2) is 28.6 Å². The molecule has 0 N–H and O–H groups in total. The normalized spacial score (nSPS) is 11.9. The highest BCUT2D eigenvalue weighted by atomic mass is 35.5. The average molecular weight is 420 g/mol. The molecule has 1 amide bonds. The average Bonchev–Trinajstić information content (AvgIpc) is 2.98. The fourth-order valence-corrected chi connectivity index (χ4v) is 4.18. The van der Waals surface area contributed by atoms with Crippen molar-refractivity contribution in [2.24, 2.45) is 4.99 Å². The topological polar surface area (TPSA) is 86.7 Å². The Morgan fingerprint density at radius 1 is 1.36 bits per heavy atom. The number of carbonyl (C=O) groups excluding carboxylic acids is 1. The van der Waals surface area contributed by atoms with Gasteiger partial charge in [0.2, 0.25) is 0 Å². The second-order valence-corrected chi connectivity index (χ2v) is 7.41. The van der Waals surface area contributed by atoms with Crippen LogP contribution in [0.3, 0.4) is 0 Å². The quantitative estimate of drug-likeness (QED) is 0.337. The maximum Gasteiger partial charge on any atom is 0.280 e. The number of ether oxygens (including phenoxy) is 1. The lowest BCUT2D eigenvalue weighted by Gasteiger charge is -2.06. The lowest BCUT2D eigenvalue weighted by atomic mass is 10.1. The van der Waals surface area contributed by atoms with Crippen LogP contribution in [-0.2, 0) is 11.3 Å². The Bertz CT molecular complexity index is 1120. The molecule has 0 fully saturated rings. The number of nitro benzene ring substituents is 1. The second kappa shape index (κ2) is 8.64. The van der Waals surface area contributed by atoms with E-state index in [0.29, 0.717) is 35.1 Å². The molecule has 28 heavy (non-hydrogen) atoms. The van der Waals surface area contributed by atoms with Crippen molar-refractivity contribution in [3.05, 3.63) is 67.5 Å². The number of hydrogen-bond acceptors (Lipinski definition) is 5. The van der Waals surface area contributed by atoms with E-state index in [1.807, 2.05) is 23.6 Å². The molecule has 0 aliphatic heterocycles. The number of halogens is 1. The molecule has 0 saturated carbocycles. The van der Waals surface area contributed by atoms with Crippen molar-refractivity contribution in [2.75, 3.05) is 13.2 Å². The maximum atomic E-state index is 12.8. The van der Waals surface area contributed by atoms with E-state index in [0.717, 1.165) is 10.2 Å². The van der Waals surface area contributed by atoms with Crippen molar-refractivity contribution in [3.63, 3.8) is 0 Å². The summed E-state index contributed by atoms with van der Waals surface area (Å²) in [6, 6.07) is 9.88. The van der Waals surface area contributed by atoms with Crippen LogP contribution in [0.5, 0.6) is 0 Å². The van der Waals surface area contributed by atoms with Crippen molar-refractivity contribution in [2.45, 2.75) is 20.4 Å². The van der Waals surface area contributed by atoms with Crippen LogP contribution < -0.4 is 4.80 Å². The van der Waals surface area contributed by atoms with Crippen molar-refractivity contribution in [3.8, 4) is 0 Å². The maximum absolute atomic E-state index is 12.8. The summed E-state index contributed by atoms with van der Waals surface area (Å²) in [6.07, 6.45) is 0. The van der Waals surface area contributed by atoms with Gasteiger partial charge in [-0.15, -0.1) is 0 Å². The molecule has 1 heterocycles. The zero-order valence-electron chi connectivity index (χ0n) is 15.3. The minimum atomic E-state index is -0.524. The predicted octanol–water partition coefficient (Wildman–Crippen LogP) is 4.35. The van der Waals surface area contributed by atoms with Gasteiger partial charge in [0.25, 0.3) is 11.6 Å². The Balaban J connectivity index is 2.10. The number of rotatable bonds is 6. The van der Waals surface area contributed by atoms with Crippen LogP contribution in [0.25, 0.3) is 10.2 Å². The van der Waals surface area contributed by atoms with Gasteiger partial charge in [-0.3, -0.25) is 14.9 Å². The van der Waals surface area contributed by atoms with Gasteiger partial charge >= 0.3 is 0 Å². The SMILES string of the molecule is CCOCCn1c(=NC(=O)c2cccc([N+](=O)[O-])c2C)sc2cc(Cl)ccc21. The zero-order chi connectivity index (χ0) is 20.3. The van der Waals surface area contributed by atoms with Gasteiger partial charge in [-0.1, -0.05) is 29.0 Å². The molecule has 0 atom stereocenters. The molecule has 0 bridgehead atoms. The highest BCUT2D eigenvalue weighted by molar-refractivity contribution is 7.16. The number of hydrogen-bond donors (Lipinski definition) is 0. The number of fused-ring (bicyclic) bond motifs is 1. The van der Waals surface area contributed by atoms with Gasteiger partial charge in [0.05, 0.1) is 27.3 Å². The van der Waals surface area contributed by atoms with E-state index in [2.05, 4.69) is 4.99 Å². The summed E-state index contributed by atoms with van der Waals surface area (Å²) >= 11 is 7.42. The van der Waals surface area contributed by atoms with Gasteiger partial charge in [0.15, 0.2) is 4.80 Å². The minimum Gasteiger partial charge on any atom is -0.380 e. The molecule has 3 aromatic rings. The monoisotopic (exact) mass is 419 g/mol. The number of thiazole rings is 1. The summed E-state index contributed by atoms with van der Waals surface area (Å²) in [7, 11) is 0. The van der Waals surface area contributed by atoms with Crippen LogP contribution >= 0.6 is 22.9 Å². The number of aromatic nitrogens is 1. The standard InChI is InChI=1S/C19H18ClN3O4S/c1-3-27-10-9-22-16-8-7-13(20)11-17(16)28-19(22)21-18(24)14-5-4-6-15(12(14)2)23(25)26/h4-8,11H,3,9-10H2,1-2H3. The fourth-order valence-electron chi connectivity index (χ4n) is 2.85. The molecule has 0 radical (unpaired) electrons. The van der Waals surface area contributed by atoms with Crippen LogP contribution in [0, 0.1) is 17.0 Å². The fraction of sp³-hybridized carbons (Fsp3) is 0.263. The van der Waals surface area contributed by atoms with Crippen molar-refractivity contribution >= 4 is 44.7 Å². The van der Waals surface area contributed by atoms with E-state index in [9.17, 15) is 14.9 Å². The van der Waals surface area contributed by atoms with Crippen LogP contribution in [0.1, 0.15) is 22.8 Å². The molecule has 0 saturated heterocycles. The Labute approximate surface area is 170 Å². The number of nitro groups is 1. The van der Waals surface area contributed by atoms with E-state index in [1.54, 1.807) is 19.1 Å². The van der Waals surface area contributed by atoms with E-state index < -0.39 is 10.8 Å². The zero-order valence-corrected chi connectivity index (χ0v) is 16.9. The minimum absolute atomic E-state index is 0.103. The van der Waals surface area contributed by atoms with Gasteiger partial charge in [0, 0.05) is 29.8 Å². The number of benzene rings is 2. The highest BCUT2D eigenvalue weighted by Crippen LogP contribution is 2.23. The largest absolute Gasteiger partial charge is 0.380 e. The predicted molar refractivity (Wildman–Crippen MR) is 109 cm³/mol. The Morgan fingerprint density at radius 3 is 2.86 bits per heavy atom. The first-order valence-electron chi connectivity index (χ1n) is 8.62. The van der Waals surface area contributed by atoms with Gasteiger partial charge in [-0.2, -0.15) is 4.99 Å². The first-order valence-corrected chi connectivity index (χ1v) is 9.81. The van der Waals surface area contributed by atoms with Crippen molar-refractivity contribution < 1.29 is 14.5 Å².